The predicted molar refractivity (Wildman–Crippen MR) is 63.1 cm³/mol. The lowest BCUT2D eigenvalue weighted by Crippen LogP contribution is -2.42. The van der Waals surface area contributed by atoms with E-state index in [1.165, 1.54) is 0 Å². The molecule has 0 radical (unpaired) electrons. The van der Waals surface area contributed by atoms with E-state index in [4.69, 9.17) is 5.11 Å². The van der Waals surface area contributed by atoms with E-state index in [2.05, 4.69) is 5.32 Å². The maximum atomic E-state index is 9.83. The lowest BCUT2D eigenvalue weighted by molar-refractivity contribution is 0.154. The van der Waals surface area contributed by atoms with E-state index < -0.39 is 6.10 Å². The van der Waals surface area contributed by atoms with Crippen LogP contribution in [0.15, 0.2) is 17.5 Å². The first-order valence-corrected chi connectivity index (χ1v) is 6.00. The molecule has 1 aromatic heterocycles. The van der Waals surface area contributed by atoms with Crippen LogP contribution >= 0.6 is 11.3 Å². The van der Waals surface area contributed by atoms with Gasteiger partial charge in [-0.2, -0.15) is 0 Å². The van der Waals surface area contributed by atoms with E-state index in [1.54, 1.807) is 11.3 Å². The fourth-order valence-electron chi connectivity index (χ4n) is 1.32. The van der Waals surface area contributed by atoms with Crippen LogP contribution in [-0.2, 0) is 0 Å². The lowest BCUT2D eigenvalue weighted by Gasteiger charge is -2.26. The number of hydrogen-bond acceptors (Lipinski definition) is 4. The van der Waals surface area contributed by atoms with Gasteiger partial charge in [-0.25, -0.2) is 0 Å². The van der Waals surface area contributed by atoms with Crippen molar-refractivity contribution >= 4 is 11.3 Å². The van der Waals surface area contributed by atoms with E-state index >= 15 is 0 Å². The van der Waals surface area contributed by atoms with Crippen molar-refractivity contribution in [3.8, 4) is 0 Å². The summed E-state index contributed by atoms with van der Waals surface area (Å²) in [6.07, 6.45) is 0.229. The Kier molecular flexibility index (Phi) is 4.73. The zero-order valence-corrected chi connectivity index (χ0v) is 10.0. The second kappa shape index (κ2) is 5.61. The van der Waals surface area contributed by atoms with Crippen LogP contribution in [0, 0.1) is 0 Å². The SMILES string of the molecule is CC(C)(CCO)NCC(O)c1cccs1. The highest BCUT2D eigenvalue weighted by atomic mass is 32.1. The summed E-state index contributed by atoms with van der Waals surface area (Å²) in [5.74, 6) is 0. The van der Waals surface area contributed by atoms with E-state index in [1.807, 2.05) is 31.4 Å². The summed E-state index contributed by atoms with van der Waals surface area (Å²) in [4.78, 5) is 0.974. The smallest absolute Gasteiger partial charge is 0.101 e. The van der Waals surface area contributed by atoms with Crippen molar-refractivity contribution in [2.45, 2.75) is 31.9 Å². The third kappa shape index (κ3) is 4.30. The van der Waals surface area contributed by atoms with Crippen LogP contribution in [0.25, 0.3) is 0 Å². The summed E-state index contributed by atoms with van der Waals surface area (Å²) in [7, 11) is 0. The molecule has 86 valence electrons. The molecule has 1 rings (SSSR count). The molecule has 1 atom stereocenters. The first kappa shape index (κ1) is 12.6. The Morgan fingerprint density at radius 2 is 2.27 bits per heavy atom. The summed E-state index contributed by atoms with van der Waals surface area (Å²) >= 11 is 1.56. The van der Waals surface area contributed by atoms with E-state index in [-0.39, 0.29) is 12.1 Å². The molecule has 0 spiro atoms. The molecular formula is C11H19NO2S. The van der Waals surface area contributed by atoms with Crippen molar-refractivity contribution in [3.05, 3.63) is 22.4 Å². The molecule has 0 fully saturated rings. The van der Waals surface area contributed by atoms with E-state index in [9.17, 15) is 5.11 Å². The Morgan fingerprint density at radius 1 is 1.53 bits per heavy atom. The van der Waals surface area contributed by atoms with Gasteiger partial charge in [0, 0.05) is 23.6 Å². The first-order valence-electron chi connectivity index (χ1n) is 5.12. The number of rotatable bonds is 6. The minimum absolute atomic E-state index is 0.132. The molecule has 0 amide bonds. The minimum Gasteiger partial charge on any atom is -0.396 e. The molecule has 1 heterocycles. The second-order valence-electron chi connectivity index (χ2n) is 4.27. The van der Waals surface area contributed by atoms with Gasteiger partial charge >= 0.3 is 0 Å². The number of nitrogens with one attached hydrogen (secondary N) is 1. The van der Waals surface area contributed by atoms with Crippen molar-refractivity contribution in [3.63, 3.8) is 0 Å². The Balaban J connectivity index is 2.37. The molecule has 4 heteroatoms. The number of aliphatic hydroxyl groups is 2. The Morgan fingerprint density at radius 3 is 2.80 bits per heavy atom. The zero-order valence-electron chi connectivity index (χ0n) is 9.23. The van der Waals surface area contributed by atoms with Gasteiger partial charge in [-0.1, -0.05) is 6.07 Å². The molecule has 3 nitrogen and oxygen atoms in total. The molecule has 3 N–H and O–H groups in total. The summed E-state index contributed by atoms with van der Waals surface area (Å²) < 4.78 is 0. The van der Waals surface area contributed by atoms with Gasteiger partial charge in [-0.05, 0) is 31.7 Å². The highest BCUT2D eigenvalue weighted by Gasteiger charge is 2.18. The van der Waals surface area contributed by atoms with Crippen LogP contribution < -0.4 is 5.32 Å². The predicted octanol–water partition coefficient (Wildman–Crippen LogP) is 1.53. The van der Waals surface area contributed by atoms with Crippen molar-refractivity contribution in [2.24, 2.45) is 0 Å². The van der Waals surface area contributed by atoms with Gasteiger partial charge in [0.2, 0.25) is 0 Å². The van der Waals surface area contributed by atoms with Crippen LogP contribution in [-0.4, -0.2) is 28.9 Å². The maximum Gasteiger partial charge on any atom is 0.101 e. The molecule has 0 aromatic carbocycles. The second-order valence-corrected chi connectivity index (χ2v) is 5.25. The van der Waals surface area contributed by atoms with E-state index in [0.717, 1.165) is 4.88 Å². The standard InChI is InChI=1S/C11H19NO2S/c1-11(2,5-6-13)12-8-9(14)10-4-3-7-15-10/h3-4,7,9,12-14H,5-6,8H2,1-2H3. The molecular weight excluding hydrogens is 210 g/mol. The highest BCUT2D eigenvalue weighted by molar-refractivity contribution is 7.10. The minimum atomic E-state index is -0.456. The van der Waals surface area contributed by atoms with Crippen LogP contribution in [0.2, 0.25) is 0 Å². The van der Waals surface area contributed by atoms with Gasteiger partial charge in [0.1, 0.15) is 6.10 Å². The average molecular weight is 229 g/mol. The van der Waals surface area contributed by atoms with Crippen LogP contribution in [0.4, 0.5) is 0 Å². The van der Waals surface area contributed by atoms with Crippen LogP contribution in [0.3, 0.4) is 0 Å². The number of hydrogen-bond donors (Lipinski definition) is 3. The summed E-state index contributed by atoms with van der Waals surface area (Å²) in [6.45, 7) is 4.72. The van der Waals surface area contributed by atoms with E-state index in [0.29, 0.717) is 13.0 Å². The van der Waals surface area contributed by atoms with Gasteiger partial charge in [0.15, 0.2) is 0 Å². The molecule has 15 heavy (non-hydrogen) atoms. The summed E-state index contributed by atoms with van der Waals surface area (Å²) in [6, 6.07) is 3.86. The van der Waals surface area contributed by atoms with Gasteiger partial charge < -0.3 is 15.5 Å². The van der Waals surface area contributed by atoms with Crippen molar-refractivity contribution in [1.29, 1.82) is 0 Å². The van der Waals surface area contributed by atoms with Crippen molar-refractivity contribution in [2.75, 3.05) is 13.2 Å². The Hall–Kier alpha value is -0.420. The number of β-amino-alcohol motifs (C(OH)–C–C–N with tert-alkyl or cyclic N) is 1. The molecule has 0 aliphatic heterocycles. The highest BCUT2D eigenvalue weighted by Crippen LogP contribution is 2.19. The molecule has 0 saturated heterocycles. The Bertz CT molecular complexity index is 272. The third-order valence-corrected chi connectivity index (χ3v) is 3.36. The summed E-state index contributed by atoms with van der Waals surface area (Å²) in [5, 5.41) is 23.9. The fraction of sp³-hybridized carbons (Fsp3) is 0.636. The molecule has 0 aliphatic rings. The monoisotopic (exact) mass is 229 g/mol. The van der Waals surface area contributed by atoms with Crippen molar-refractivity contribution < 1.29 is 10.2 Å². The van der Waals surface area contributed by atoms with Crippen molar-refractivity contribution in [1.82, 2.24) is 5.32 Å². The topological polar surface area (TPSA) is 52.5 Å². The zero-order chi connectivity index (χ0) is 11.3. The van der Waals surface area contributed by atoms with Gasteiger partial charge in [-0.3, -0.25) is 0 Å². The molecule has 1 unspecified atom stereocenters. The number of aliphatic hydroxyl groups excluding tert-OH is 2. The lowest BCUT2D eigenvalue weighted by atomic mass is 10.0. The number of thiophene rings is 1. The third-order valence-electron chi connectivity index (χ3n) is 2.38. The average Bonchev–Trinajstić information content (AvgIpc) is 2.67. The summed E-state index contributed by atoms with van der Waals surface area (Å²) in [5.41, 5.74) is -0.132. The molecule has 0 saturated carbocycles. The van der Waals surface area contributed by atoms with Crippen LogP contribution in [0.1, 0.15) is 31.2 Å². The Labute approximate surface area is 94.8 Å². The molecule has 0 bridgehead atoms. The van der Waals surface area contributed by atoms with Gasteiger partial charge in [-0.15, -0.1) is 11.3 Å². The van der Waals surface area contributed by atoms with Crippen LogP contribution in [0.5, 0.6) is 0 Å². The largest absolute Gasteiger partial charge is 0.396 e. The van der Waals surface area contributed by atoms with Gasteiger partial charge in [0.25, 0.3) is 0 Å². The normalized spacial score (nSPS) is 14.1. The molecule has 1 aromatic rings. The first-order chi connectivity index (χ1) is 7.05. The fourth-order valence-corrected chi connectivity index (χ4v) is 2.03. The quantitative estimate of drug-likeness (QED) is 0.693. The maximum absolute atomic E-state index is 9.83. The molecule has 0 aliphatic carbocycles. The van der Waals surface area contributed by atoms with Gasteiger partial charge in [0.05, 0.1) is 0 Å².